The zero-order valence-corrected chi connectivity index (χ0v) is 10.6. The van der Waals surface area contributed by atoms with E-state index < -0.39 is 0 Å². The normalized spacial score (nSPS) is 33.2. The molecule has 0 spiro atoms. The molecule has 3 atom stereocenters. The first kappa shape index (κ1) is 11.2. The second-order valence-corrected chi connectivity index (χ2v) is 5.66. The number of likely N-dealkylation sites (tertiary alicyclic amines) is 1. The Balaban J connectivity index is 1.66. The molecule has 1 aliphatic carbocycles. The van der Waals surface area contributed by atoms with Gasteiger partial charge in [-0.15, -0.1) is 0 Å². The number of fused-ring (bicyclic) bond motifs is 1. The van der Waals surface area contributed by atoms with Crippen molar-refractivity contribution in [2.75, 3.05) is 13.1 Å². The number of aliphatic hydroxyl groups is 1. The number of hydrogen-bond acceptors (Lipinski definition) is 3. The van der Waals surface area contributed by atoms with Crippen LogP contribution in [0, 0.1) is 18.8 Å². The van der Waals surface area contributed by atoms with Gasteiger partial charge in [-0.3, -0.25) is 9.58 Å². The summed E-state index contributed by atoms with van der Waals surface area (Å²) in [6, 6.07) is 2.16. The SMILES string of the molecule is Cc1cc(CN2CC3CCC(O)C3C2)n(C)n1. The lowest BCUT2D eigenvalue weighted by molar-refractivity contribution is 0.123. The second kappa shape index (κ2) is 4.10. The average molecular weight is 235 g/mol. The highest BCUT2D eigenvalue weighted by atomic mass is 16.3. The first-order valence-electron chi connectivity index (χ1n) is 6.53. The Bertz CT molecular complexity index is 415. The predicted octanol–water partition coefficient (Wildman–Crippen LogP) is 0.931. The van der Waals surface area contributed by atoms with Gasteiger partial charge in [0.25, 0.3) is 0 Å². The molecule has 3 unspecified atom stereocenters. The smallest absolute Gasteiger partial charge is 0.0597 e. The molecule has 0 amide bonds. The summed E-state index contributed by atoms with van der Waals surface area (Å²) < 4.78 is 1.97. The van der Waals surface area contributed by atoms with Crippen molar-refractivity contribution in [3.63, 3.8) is 0 Å². The number of aryl methyl sites for hydroxylation is 2. The van der Waals surface area contributed by atoms with Gasteiger partial charge >= 0.3 is 0 Å². The van der Waals surface area contributed by atoms with Gasteiger partial charge in [-0.25, -0.2) is 0 Å². The monoisotopic (exact) mass is 235 g/mol. The predicted molar refractivity (Wildman–Crippen MR) is 65.4 cm³/mol. The number of aliphatic hydroxyl groups excluding tert-OH is 1. The van der Waals surface area contributed by atoms with Crippen molar-refractivity contribution in [1.82, 2.24) is 14.7 Å². The maximum Gasteiger partial charge on any atom is 0.0597 e. The highest BCUT2D eigenvalue weighted by Gasteiger charge is 2.41. The molecule has 1 aromatic heterocycles. The van der Waals surface area contributed by atoms with Gasteiger partial charge in [-0.1, -0.05) is 0 Å². The quantitative estimate of drug-likeness (QED) is 0.829. The first-order chi connectivity index (χ1) is 8.13. The van der Waals surface area contributed by atoms with Crippen molar-refractivity contribution < 1.29 is 5.11 Å². The van der Waals surface area contributed by atoms with Crippen LogP contribution >= 0.6 is 0 Å². The molecule has 1 saturated heterocycles. The van der Waals surface area contributed by atoms with Gasteiger partial charge in [0.05, 0.1) is 17.5 Å². The van der Waals surface area contributed by atoms with Crippen LogP contribution in [0.15, 0.2) is 6.07 Å². The number of aromatic nitrogens is 2. The van der Waals surface area contributed by atoms with E-state index in [1.54, 1.807) is 0 Å². The minimum Gasteiger partial charge on any atom is -0.393 e. The molecular formula is C13H21N3O. The molecule has 0 radical (unpaired) electrons. The maximum atomic E-state index is 9.90. The summed E-state index contributed by atoms with van der Waals surface area (Å²) in [7, 11) is 2.01. The zero-order chi connectivity index (χ0) is 12.0. The van der Waals surface area contributed by atoms with Gasteiger partial charge in [0.2, 0.25) is 0 Å². The fraction of sp³-hybridized carbons (Fsp3) is 0.769. The minimum atomic E-state index is -0.0572. The molecule has 1 aliphatic heterocycles. The lowest BCUT2D eigenvalue weighted by Gasteiger charge is -2.17. The molecule has 0 bridgehead atoms. The number of nitrogens with zero attached hydrogens (tertiary/aromatic N) is 3. The largest absolute Gasteiger partial charge is 0.393 e. The van der Waals surface area contributed by atoms with Crippen LogP contribution in [-0.4, -0.2) is 39.0 Å². The van der Waals surface area contributed by atoms with Crippen LogP contribution in [0.25, 0.3) is 0 Å². The van der Waals surface area contributed by atoms with Gasteiger partial charge in [0.1, 0.15) is 0 Å². The number of rotatable bonds is 2. The minimum absolute atomic E-state index is 0.0572. The van der Waals surface area contributed by atoms with E-state index in [1.807, 2.05) is 18.7 Å². The van der Waals surface area contributed by atoms with Crippen molar-refractivity contribution in [3.8, 4) is 0 Å². The van der Waals surface area contributed by atoms with Crippen molar-refractivity contribution >= 4 is 0 Å². The van der Waals surface area contributed by atoms with Crippen LogP contribution in [0.4, 0.5) is 0 Å². The summed E-state index contributed by atoms with van der Waals surface area (Å²) in [5.74, 6) is 1.24. The van der Waals surface area contributed by atoms with Crippen LogP contribution in [0.5, 0.6) is 0 Å². The third kappa shape index (κ3) is 2.00. The molecule has 2 fully saturated rings. The Morgan fingerprint density at radius 2 is 2.24 bits per heavy atom. The zero-order valence-electron chi connectivity index (χ0n) is 10.6. The van der Waals surface area contributed by atoms with E-state index in [2.05, 4.69) is 16.1 Å². The molecule has 94 valence electrons. The molecular weight excluding hydrogens is 214 g/mol. The van der Waals surface area contributed by atoms with E-state index in [4.69, 9.17) is 0 Å². The topological polar surface area (TPSA) is 41.3 Å². The molecule has 1 saturated carbocycles. The third-order valence-corrected chi connectivity index (χ3v) is 4.38. The fourth-order valence-corrected chi connectivity index (χ4v) is 3.50. The molecule has 17 heavy (non-hydrogen) atoms. The third-order valence-electron chi connectivity index (χ3n) is 4.38. The van der Waals surface area contributed by atoms with Crippen molar-refractivity contribution in [2.24, 2.45) is 18.9 Å². The molecule has 1 aromatic rings. The van der Waals surface area contributed by atoms with E-state index in [-0.39, 0.29) is 6.10 Å². The van der Waals surface area contributed by atoms with Crippen LogP contribution < -0.4 is 0 Å². The fourth-order valence-electron chi connectivity index (χ4n) is 3.50. The molecule has 3 rings (SSSR count). The summed E-state index contributed by atoms with van der Waals surface area (Å²) in [4.78, 5) is 2.47. The van der Waals surface area contributed by atoms with E-state index in [9.17, 15) is 5.11 Å². The van der Waals surface area contributed by atoms with Crippen LogP contribution in [-0.2, 0) is 13.6 Å². The molecule has 1 N–H and O–H groups in total. The lowest BCUT2D eigenvalue weighted by Crippen LogP contribution is -2.25. The average Bonchev–Trinajstić information content (AvgIpc) is 2.88. The maximum absolute atomic E-state index is 9.90. The van der Waals surface area contributed by atoms with Crippen molar-refractivity contribution in [3.05, 3.63) is 17.5 Å². The standard InChI is InChI=1S/C13H21N3O/c1-9-5-11(15(2)14-9)7-16-6-10-3-4-13(17)12(10)8-16/h5,10,12-13,17H,3-4,6-8H2,1-2H3. The molecule has 4 heteroatoms. The van der Waals surface area contributed by atoms with E-state index >= 15 is 0 Å². The van der Waals surface area contributed by atoms with Gasteiger partial charge in [0, 0.05) is 32.6 Å². The molecule has 2 heterocycles. The Hall–Kier alpha value is -0.870. The van der Waals surface area contributed by atoms with Crippen LogP contribution in [0.1, 0.15) is 24.2 Å². The lowest BCUT2D eigenvalue weighted by atomic mass is 10.00. The summed E-state index contributed by atoms with van der Waals surface area (Å²) in [5.41, 5.74) is 2.36. The molecule has 2 aliphatic rings. The van der Waals surface area contributed by atoms with Crippen molar-refractivity contribution in [2.45, 2.75) is 32.4 Å². The van der Waals surface area contributed by atoms with E-state index in [0.29, 0.717) is 5.92 Å². The summed E-state index contributed by atoms with van der Waals surface area (Å²) >= 11 is 0. The van der Waals surface area contributed by atoms with Gasteiger partial charge in [0.15, 0.2) is 0 Å². The molecule has 0 aromatic carbocycles. The van der Waals surface area contributed by atoms with E-state index in [0.717, 1.165) is 37.7 Å². The Morgan fingerprint density at radius 1 is 1.41 bits per heavy atom. The molecule has 4 nitrogen and oxygen atoms in total. The van der Waals surface area contributed by atoms with Gasteiger partial charge < -0.3 is 5.11 Å². The van der Waals surface area contributed by atoms with E-state index in [1.165, 1.54) is 12.1 Å². The van der Waals surface area contributed by atoms with Crippen LogP contribution in [0.2, 0.25) is 0 Å². The Kier molecular flexibility index (Phi) is 2.71. The van der Waals surface area contributed by atoms with Gasteiger partial charge in [-0.05, 0) is 31.7 Å². The number of hydrogen-bond donors (Lipinski definition) is 1. The second-order valence-electron chi connectivity index (χ2n) is 5.66. The van der Waals surface area contributed by atoms with Crippen LogP contribution in [0.3, 0.4) is 0 Å². The summed E-state index contributed by atoms with van der Waals surface area (Å²) in [6.45, 7) is 5.20. The Morgan fingerprint density at radius 3 is 2.88 bits per heavy atom. The summed E-state index contributed by atoms with van der Waals surface area (Å²) in [6.07, 6.45) is 2.15. The Labute approximate surface area is 102 Å². The van der Waals surface area contributed by atoms with Crippen molar-refractivity contribution in [1.29, 1.82) is 0 Å². The highest BCUT2D eigenvalue weighted by molar-refractivity contribution is 5.09. The highest BCUT2D eigenvalue weighted by Crippen LogP contribution is 2.38. The first-order valence-corrected chi connectivity index (χ1v) is 6.53. The van der Waals surface area contributed by atoms with Gasteiger partial charge in [-0.2, -0.15) is 5.10 Å². The summed E-state index contributed by atoms with van der Waals surface area (Å²) in [5, 5.41) is 14.3.